The minimum atomic E-state index is -3.36. The fraction of sp³-hybridized carbons (Fsp3) is 0.154. The van der Waals surface area contributed by atoms with Gasteiger partial charge in [0.25, 0.3) is 0 Å². The minimum absolute atomic E-state index is 0.161. The van der Waals surface area contributed by atoms with Gasteiger partial charge in [-0.1, -0.05) is 95.7 Å². The van der Waals surface area contributed by atoms with E-state index < -0.39 is 10.0 Å². The third-order valence-corrected chi connectivity index (χ3v) is 7.17. The maximum atomic E-state index is 12.5. The average molecular weight is 541 g/mol. The third kappa shape index (κ3) is 7.07. The number of carbonyl (C=O) groups excluding carboxylic acids is 1. The van der Waals surface area contributed by atoms with Gasteiger partial charge in [-0.05, 0) is 29.7 Å². The lowest BCUT2D eigenvalue weighted by molar-refractivity contribution is 0.252. The number of amides is 2. The summed E-state index contributed by atoms with van der Waals surface area (Å²) in [5.74, 6) is 0.161. The van der Waals surface area contributed by atoms with E-state index in [4.69, 9.17) is 11.6 Å². The Labute approximate surface area is 219 Å². The number of anilines is 2. The second kappa shape index (κ2) is 11.6. The van der Waals surface area contributed by atoms with Crippen molar-refractivity contribution in [3.63, 3.8) is 0 Å². The van der Waals surface area contributed by atoms with Crippen LogP contribution in [-0.2, 0) is 10.0 Å². The van der Waals surface area contributed by atoms with Crippen molar-refractivity contribution in [1.29, 1.82) is 0 Å². The minimum Gasteiger partial charge on any atom is -0.338 e. The zero-order valence-corrected chi connectivity index (χ0v) is 21.8. The highest BCUT2D eigenvalue weighted by molar-refractivity contribution is 7.92. The van der Waals surface area contributed by atoms with Crippen molar-refractivity contribution in [2.24, 2.45) is 0 Å². The Balaban J connectivity index is 1.36. The van der Waals surface area contributed by atoms with Gasteiger partial charge in [0.1, 0.15) is 10.0 Å². The van der Waals surface area contributed by atoms with E-state index in [0.29, 0.717) is 33.0 Å². The molecule has 0 radical (unpaired) electrons. The number of sulfonamides is 1. The second-order valence-electron chi connectivity index (χ2n) is 8.14. The topological polar surface area (TPSA) is 100 Å². The van der Waals surface area contributed by atoms with Gasteiger partial charge in [-0.15, -0.1) is 0 Å². The van der Waals surface area contributed by atoms with Crippen molar-refractivity contribution in [2.75, 3.05) is 22.8 Å². The van der Waals surface area contributed by atoms with Crippen LogP contribution in [0.2, 0.25) is 4.34 Å². The quantitative estimate of drug-likeness (QED) is 0.236. The van der Waals surface area contributed by atoms with Crippen LogP contribution in [0.4, 0.5) is 15.6 Å². The molecule has 2 amide bonds. The van der Waals surface area contributed by atoms with Crippen molar-refractivity contribution in [2.45, 2.75) is 12.3 Å². The molecule has 1 heterocycles. The maximum Gasteiger partial charge on any atom is 0.321 e. The first kappa shape index (κ1) is 25.7. The van der Waals surface area contributed by atoms with E-state index in [0.717, 1.165) is 24.0 Å². The van der Waals surface area contributed by atoms with Crippen LogP contribution < -0.4 is 15.4 Å². The van der Waals surface area contributed by atoms with Gasteiger partial charge in [-0.3, -0.25) is 10.0 Å². The Kier molecular flexibility index (Phi) is 8.25. The maximum absolute atomic E-state index is 12.5. The summed E-state index contributed by atoms with van der Waals surface area (Å²) in [6, 6.07) is 26.8. The van der Waals surface area contributed by atoms with E-state index >= 15 is 0 Å². The molecule has 0 unspecified atom stereocenters. The molecule has 0 aliphatic heterocycles. The number of urea groups is 1. The molecule has 0 bridgehead atoms. The molecular formula is C26H25ClN4O3S2. The monoisotopic (exact) mass is 540 g/mol. The van der Waals surface area contributed by atoms with Crippen LogP contribution >= 0.6 is 22.9 Å². The fourth-order valence-corrected chi connectivity index (χ4v) is 5.46. The highest BCUT2D eigenvalue weighted by atomic mass is 35.5. The molecule has 0 aliphatic carbocycles. The van der Waals surface area contributed by atoms with Gasteiger partial charge < -0.3 is 5.32 Å². The van der Waals surface area contributed by atoms with E-state index in [1.165, 1.54) is 11.1 Å². The summed E-state index contributed by atoms with van der Waals surface area (Å²) in [6.07, 6.45) is 1.82. The molecule has 1 aromatic heterocycles. The first-order chi connectivity index (χ1) is 17.3. The Hall–Kier alpha value is -3.40. The van der Waals surface area contributed by atoms with Crippen LogP contribution in [0.3, 0.4) is 0 Å². The Morgan fingerprint density at radius 2 is 1.53 bits per heavy atom. The highest BCUT2D eigenvalue weighted by Gasteiger charge is 2.16. The van der Waals surface area contributed by atoms with Crippen molar-refractivity contribution in [3.8, 4) is 11.3 Å². The van der Waals surface area contributed by atoms with Gasteiger partial charge in [0.15, 0.2) is 5.13 Å². The number of nitrogens with one attached hydrogen (secondary N) is 3. The summed E-state index contributed by atoms with van der Waals surface area (Å²) >= 11 is 7.52. The van der Waals surface area contributed by atoms with E-state index in [9.17, 15) is 13.2 Å². The number of rotatable bonds is 9. The predicted molar refractivity (Wildman–Crippen MR) is 147 cm³/mol. The number of halogens is 1. The van der Waals surface area contributed by atoms with Crippen LogP contribution in [-0.4, -0.2) is 32.2 Å². The lowest BCUT2D eigenvalue weighted by Crippen LogP contribution is -2.30. The van der Waals surface area contributed by atoms with Gasteiger partial charge in [0.2, 0.25) is 10.0 Å². The predicted octanol–water partition coefficient (Wildman–Crippen LogP) is 6.18. The summed E-state index contributed by atoms with van der Waals surface area (Å²) in [5.41, 5.74) is 4.04. The smallest absolute Gasteiger partial charge is 0.321 e. The zero-order valence-electron chi connectivity index (χ0n) is 19.4. The van der Waals surface area contributed by atoms with Crippen molar-refractivity contribution >= 4 is 49.8 Å². The standard InChI is InChI=1S/C26H25ClN4O3S2/c1-36(33,34)31-21-14-12-20(13-15-21)23-24(27)35-26(29-23)30-25(32)28-17-16-22(18-8-4-2-5-9-18)19-10-6-3-7-11-19/h2-15,22,31H,16-17H2,1H3,(H2,28,29,30,32). The molecule has 7 nitrogen and oxygen atoms in total. The molecule has 4 aromatic rings. The van der Waals surface area contributed by atoms with Gasteiger partial charge in [0.05, 0.1) is 6.26 Å². The van der Waals surface area contributed by atoms with Crippen molar-refractivity contribution in [1.82, 2.24) is 10.3 Å². The molecule has 4 rings (SSSR count). The number of hydrogen-bond acceptors (Lipinski definition) is 5. The summed E-state index contributed by atoms with van der Waals surface area (Å²) in [4.78, 5) is 17.0. The number of benzene rings is 3. The van der Waals surface area contributed by atoms with Gasteiger partial charge in [-0.2, -0.15) is 0 Å². The summed E-state index contributed by atoms with van der Waals surface area (Å²) in [6.45, 7) is 0.473. The Morgan fingerprint density at radius 1 is 0.944 bits per heavy atom. The largest absolute Gasteiger partial charge is 0.338 e. The molecule has 3 N–H and O–H groups in total. The molecule has 0 atom stereocenters. The fourth-order valence-electron chi connectivity index (χ4n) is 3.81. The molecule has 0 saturated heterocycles. The van der Waals surface area contributed by atoms with Crippen LogP contribution in [0.25, 0.3) is 11.3 Å². The number of hydrogen-bond donors (Lipinski definition) is 3. The SMILES string of the molecule is CS(=O)(=O)Nc1ccc(-c2nc(NC(=O)NCCC(c3ccccc3)c3ccccc3)sc2Cl)cc1. The van der Waals surface area contributed by atoms with Crippen molar-refractivity contribution < 1.29 is 13.2 Å². The third-order valence-electron chi connectivity index (χ3n) is 5.39. The van der Waals surface area contributed by atoms with Crippen LogP contribution in [0.15, 0.2) is 84.9 Å². The molecule has 3 aromatic carbocycles. The number of thiazole rings is 1. The highest BCUT2D eigenvalue weighted by Crippen LogP contribution is 2.35. The number of aromatic nitrogens is 1. The summed E-state index contributed by atoms with van der Waals surface area (Å²) in [5, 5.41) is 6.03. The number of nitrogens with zero attached hydrogens (tertiary/aromatic N) is 1. The van der Waals surface area contributed by atoms with Gasteiger partial charge in [0, 0.05) is 23.7 Å². The van der Waals surface area contributed by atoms with Gasteiger partial charge in [-0.25, -0.2) is 18.2 Å². The molecule has 0 spiro atoms. The summed E-state index contributed by atoms with van der Waals surface area (Å²) < 4.78 is 25.6. The number of carbonyl (C=O) groups is 1. The Morgan fingerprint density at radius 3 is 2.08 bits per heavy atom. The molecule has 0 aliphatic rings. The van der Waals surface area contributed by atoms with Crippen molar-refractivity contribution in [3.05, 3.63) is 100 Å². The van der Waals surface area contributed by atoms with E-state index in [1.807, 2.05) is 36.4 Å². The lowest BCUT2D eigenvalue weighted by Gasteiger charge is -2.18. The molecule has 10 heteroatoms. The average Bonchev–Trinajstić information content (AvgIpc) is 3.22. The van der Waals surface area contributed by atoms with Crippen LogP contribution in [0.5, 0.6) is 0 Å². The molecule has 186 valence electrons. The Bertz CT molecular complexity index is 1370. The van der Waals surface area contributed by atoms with Crippen LogP contribution in [0, 0.1) is 0 Å². The van der Waals surface area contributed by atoms with E-state index in [1.54, 1.807) is 24.3 Å². The summed E-state index contributed by atoms with van der Waals surface area (Å²) in [7, 11) is -3.36. The zero-order chi connectivity index (χ0) is 25.5. The normalized spacial score (nSPS) is 11.3. The molecule has 0 fully saturated rings. The van der Waals surface area contributed by atoms with Crippen LogP contribution in [0.1, 0.15) is 23.5 Å². The van der Waals surface area contributed by atoms with Gasteiger partial charge >= 0.3 is 6.03 Å². The lowest BCUT2D eigenvalue weighted by atomic mass is 9.88. The molecule has 0 saturated carbocycles. The molecular weight excluding hydrogens is 516 g/mol. The second-order valence-corrected chi connectivity index (χ2v) is 11.5. The van der Waals surface area contributed by atoms with E-state index in [2.05, 4.69) is 44.6 Å². The first-order valence-corrected chi connectivity index (χ1v) is 14.3. The molecule has 36 heavy (non-hydrogen) atoms. The first-order valence-electron chi connectivity index (χ1n) is 11.2. The van der Waals surface area contributed by atoms with E-state index in [-0.39, 0.29) is 11.9 Å².